The third kappa shape index (κ3) is 4.25. The Hall–Kier alpha value is -6.17. The summed E-state index contributed by atoms with van der Waals surface area (Å²) in [6.07, 6.45) is 0. The second-order valence-corrected chi connectivity index (χ2v) is 13.1. The number of hydrogen-bond donors (Lipinski definition) is 0. The van der Waals surface area contributed by atoms with Gasteiger partial charge in [-0.1, -0.05) is 127 Å². The standard InChI is InChI=1S/C43H25N3OS/c1-3-12-26(13-4-1)34-25-35-39-33(19-11-20-36(39)47-40(35)32-18-8-7-16-29(32)34)43-45-41(27-14-5-2-6-15-27)44-42(46-43)28-22-23-31-30-17-9-10-21-37(30)48-38(31)24-28/h1-25H. The van der Waals surface area contributed by atoms with E-state index in [4.69, 9.17) is 19.4 Å². The van der Waals surface area contributed by atoms with Gasteiger partial charge in [-0.05, 0) is 40.8 Å². The lowest BCUT2D eigenvalue weighted by Gasteiger charge is -2.10. The molecule has 48 heavy (non-hydrogen) atoms. The second kappa shape index (κ2) is 10.7. The molecule has 3 aromatic heterocycles. The Labute approximate surface area is 279 Å². The fourth-order valence-corrected chi connectivity index (χ4v) is 8.04. The van der Waals surface area contributed by atoms with E-state index in [2.05, 4.69) is 109 Å². The van der Waals surface area contributed by atoms with E-state index >= 15 is 0 Å². The van der Waals surface area contributed by atoms with Gasteiger partial charge in [-0.15, -0.1) is 11.3 Å². The lowest BCUT2D eigenvalue weighted by atomic mass is 9.94. The molecule has 7 aromatic carbocycles. The molecule has 224 valence electrons. The van der Waals surface area contributed by atoms with Gasteiger partial charge in [0.2, 0.25) is 0 Å². The lowest BCUT2D eigenvalue weighted by molar-refractivity contribution is 0.673. The second-order valence-electron chi connectivity index (χ2n) is 12.0. The summed E-state index contributed by atoms with van der Waals surface area (Å²) in [4.78, 5) is 15.3. The highest BCUT2D eigenvalue weighted by Gasteiger charge is 2.21. The minimum Gasteiger partial charge on any atom is -0.455 e. The number of rotatable bonds is 4. The highest BCUT2D eigenvalue weighted by atomic mass is 32.1. The van der Waals surface area contributed by atoms with E-state index in [-0.39, 0.29) is 0 Å². The molecule has 0 saturated carbocycles. The van der Waals surface area contributed by atoms with Crippen molar-refractivity contribution in [2.75, 3.05) is 0 Å². The topological polar surface area (TPSA) is 51.8 Å². The van der Waals surface area contributed by atoms with E-state index in [1.165, 1.54) is 20.2 Å². The summed E-state index contributed by atoms with van der Waals surface area (Å²) in [5.74, 6) is 1.88. The van der Waals surface area contributed by atoms with E-state index < -0.39 is 0 Å². The van der Waals surface area contributed by atoms with Crippen LogP contribution in [0.5, 0.6) is 0 Å². The molecule has 10 aromatic rings. The molecule has 3 heterocycles. The van der Waals surface area contributed by atoms with Crippen molar-refractivity contribution in [2.45, 2.75) is 0 Å². The molecule has 0 atom stereocenters. The molecule has 10 rings (SSSR count). The third-order valence-corrected chi connectivity index (χ3v) is 10.3. The molecule has 0 aliphatic rings. The Bertz CT molecular complexity index is 2840. The van der Waals surface area contributed by atoms with Crippen LogP contribution in [0.3, 0.4) is 0 Å². The average molecular weight is 632 g/mol. The summed E-state index contributed by atoms with van der Waals surface area (Å²) < 4.78 is 9.13. The molecule has 0 fully saturated rings. The summed E-state index contributed by atoms with van der Waals surface area (Å²) >= 11 is 1.79. The van der Waals surface area contributed by atoms with Gasteiger partial charge >= 0.3 is 0 Å². The van der Waals surface area contributed by atoms with E-state index in [9.17, 15) is 0 Å². The van der Waals surface area contributed by atoms with Crippen molar-refractivity contribution in [3.8, 4) is 45.3 Å². The first-order valence-electron chi connectivity index (χ1n) is 15.9. The van der Waals surface area contributed by atoms with E-state index in [1.807, 2.05) is 42.5 Å². The van der Waals surface area contributed by atoms with Gasteiger partial charge in [-0.25, -0.2) is 15.0 Å². The lowest BCUT2D eigenvalue weighted by Crippen LogP contribution is -2.00. The Kier molecular flexibility index (Phi) is 6.01. The van der Waals surface area contributed by atoms with Crippen LogP contribution in [0.4, 0.5) is 0 Å². The van der Waals surface area contributed by atoms with Crippen LogP contribution in [-0.2, 0) is 0 Å². The van der Waals surface area contributed by atoms with Crippen molar-refractivity contribution in [3.63, 3.8) is 0 Å². The van der Waals surface area contributed by atoms with E-state index in [0.717, 1.165) is 60.5 Å². The summed E-state index contributed by atoms with van der Waals surface area (Å²) in [5, 5.41) is 6.77. The fraction of sp³-hybridized carbons (Fsp3) is 0. The molecule has 0 unspecified atom stereocenters. The molecule has 0 aliphatic heterocycles. The molecule has 0 radical (unpaired) electrons. The molecule has 0 bridgehead atoms. The molecule has 0 amide bonds. The Morgan fingerprint density at radius 3 is 1.85 bits per heavy atom. The fourth-order valence-electron chi connectivity index (χ4n) is 6.90. The van der Waals surface area contributed by atoms with Gasteiger partial charge in [0, 0.05) is 53.0 Å². The van der Waals surface area contributed by atoms with E-state index in [1.54, 1.807) is 11.3 Å². The molecule has 0 spiro atoms. The number of furan rings is 1. The van der Waals surface area contributed by atoms with Gasteiger partial charge in [-0.3, -0.25) is 0 Å². The highest BCUT2D eigenvalue weighted by molar-refractivity contribution is 7.25. The Balaban J connectivity index is 1.24. The van der Waals surface area contributed by atoms with Crippen molar-refractivity contribution >= 4 is 64.2 Å². The van der Waals surface area contributed by atoms with Crippen LogP contribution < -0.4 is 0 Å². The van der Waals surface area contributed by atoms with Crippen molar-refractivity contribution < 1.29 is 4.42 Å². The maximum Gasteiger partial charge on any atom is 0.164 e. The van der Waals surface area contributed by atoms with Crippen molar-refractivity contribution in [1.82, 2.24) is 15.0 Å². The van der Waals surface area contributed by atoms with Gasteiger partial charge in [0.25, 0.3) is 0 Å². The zero-order valence-corrected chi connectivity index (χ0v) is 26.4. The van der Waals surface area contributed by atoms with Gasteiger partial charge in [0.15, 0.2) is 17.5 Å². The molecule has 0 saturated heterocycles. The van der Waals surface area contributed by atoms with Gasteiger partial charge < -0.3 is 4.42 Å². The van der Waals surface area contributed by atoms with Crippen LogP contribution in [0.15, 0.2) is 156 Å². The minimum atomic E-state index is 0.609. The normalized spacial score (nSPS) is 11.8. The van der Waals surface area contributed by atoms with Crippen LogP contribution in [0, 0.1) is 0 Å². The predicted molar refractivity (Wildman–Crippen MR) is 199 cm³/mol. The van der Waals surface area contributed by atoms with Gasteiger partial charge in [0.1, 0.15) is 11.2 Å². The number of benzene rings is 7. The Morgan fingerprint density at radius 1 is 0.396 bits per heavy atom. The maximum atomic E-state index is 6.66. The zero-order chi connectivity index (χ0) is 31.6. The molecule has 0 aliphatic carbocycles. The van der Waals surface area contributed by atoms with Crippen LogP contribution >= 0.6 is 11.3 Å². The van der Waals surface area contributed by atoms with Crippen molar-refractivity contribution in [1.29, 1.82) is 0 Å². The molecule has 0 N–H and O–H groups in total. The van der Waals surface area contributed by atoms with Crippen LogP contribution in [0.25, 0.3) is 98.2 Å². The van der Waals surface area contributed by atoms with Crippen molar-refractivity contribution in [3.05, 3.63) is 152 Å². The first kappa shape index (κ1) is 27.0. The van der Waals surface area contributed by atoms with Crippen LogP contribution in [0.2, 0.25) is 0 Å². The summed E-state index contributed by atoms with van der Waals surface area (Å²) in [6, 6.07) is 52.6. The summed E-state index contributed by atoms with van der Waals surface area (Å²) in [7, 11) is 0. The van der Waals surface area contributed by atoms with Gasteiger partial charge in [0.05, 0.1) is 0 Å². The monoisotopic (exact) mass is 631 g/mol. The summed E-state index contributed by atoms with van der Waals surface area (Å²) in [6.45, 7) is 0. The largest absolute Gasteiger partial charge is 0.455 e. The van der Waals surface area contributed by atoms with Gasteiger partial charge in [-0.2, -0.15) is 0 Å². The number of aromatic nitrogens is 3. The average Bonchev–Trinajstić information content (AvgIpc) is 3.73. The smallest absolute Gasteiger partial charge is 0.164 e. The van der Waals surface area contributed by atoms with E-state index in [0.29, 0.717) is 17.5 Å². The first-order valence-corrected chi connectivity index (χ1v) is 16.8. The van der Waals surface area contributed by atoms with Crippen LogP contribution in [-0.4, -0.2) is 15.0 Å². The first-order chi connectivity index (χ1) is 23.8. The Morgan fingerprint density at radius 2 is 1.04 bits per heavy atom. The molecular formula is C43H25N3OS. The number of fused-ring (bicyclic) bond motifs is 8. The molecule has 4 nitrogen and oxygen atoms in total. The van der Waals surface area contributed by atoms with Crippen LogP contribution in [0.1, 0.15) is 0 Å². The number of nitrogens with zero attached hydrogens (tertiary/aromatic N) is 3. The third-order valence-electron chi connectivity index (χ3n) is 9.13. The predicted octanol–water partition coefficient (Wildman–Crippen LogP) is 12.0. The van der Waals surface area contributed by atoms with Crippen molar-refractivity contribution in [2.24, 2.45) is 0 Å². The molecule has 5 heteroatoms. The number of thiophene rings is 1. The molecular weight excluding hydrogens is 607 g/mol. The highest BCUT2D eigenvalue weighted by Crippen LogP contribution is 2.43. The maximum absolute atomic E-state index is 6.66. The minimum absolute atomic E-state index is 0.609. The quantitative estimate of drug-likeness (QED) is 0.194. The summed E-state index contributed by atoms with van der Waals surface area (Å²) in [5.41, 5.74) is 6.78. The zero-order valence-electron chi connectivity index (χ0n) is 25.6. The number of hydrogen-bond acceptors (Lipinski definition) is 5. The SMILES string of the molecule is c1ccc(-c2nc(-c3ccc4c(c3)sc3ccccc34)nc(-c3cccc4oc5c6ccccc6c(-c6ccccc6)cc5c34)n2)cc1.